The van der Waals surface area contributed by atoms with Gasteiger partial charge in [0.2, 0.25) is 0 Å². The summed E-state index contributed by atoms with van der Waals surface area (Å²) in [6.45, 7) is 0.972. The molecule has 0 aliphatic carbocycles. The van der Waals surface area contributed by atoms with Crippen LogP contribution in [0.1, 0.15) is 6.92 Å². The Balaban J connectivity index is -0.0000000575. The third kappa shape index (κ3) is 221. The molecule has 0 unspecified atom stereocenters. The van der Waals surface area contributed by atoms with Crippen LogP contribution in [0.25, 0.3) is 0 Å². The quantitative estimate of drug-likeness (QED) is 0.331. The van der Waals surface area contributed by atoms with Crippen LogP contribution in [-0.2, 0) is 4.79 Å². The van der Waals surface area contributed by atoms with Gasteiger partial charge in [-0.2, -0.15) is 0 Å². The van der Waals surface area contributed by atoms with Crippen molar-refractivity contribution in [3.63, 3.8) is 0 Å². The van der Waals surface area contributed by atoms with Crippen molar-refractivity contribution in [3.05, 3.63) is 0 Å². The molecule has 8 heavy (non-hydrogen) atoms. The van der Waals surface area contributed by atoms with Crippen molar-refractivity contribution in [3.8, 4) is 0 Å². The average molecular weight is 144 g/mol. The van der Waals surface area contributed by atoms with Crippen molar-refractivity contribution in [2.24, 2.45) is 0 Å². The number of carbonyl (C=O) groups is 1. The van der Waals surface area contributed by atoms with Crippen LogP contribution < -0.4 is 56.5 Å². The minimum absolute atomic E-state index is 0. The van der Waals surface area contributed by atoms with Crippen LogP contribution >= 0.6 is 0 Å². The van der Waals surface area contributed by atoms with Gasteiger partial charge in [0.15, 0.2) is 0 Å². The fourth-order valence-corrected chi connectivity index (χ4v) is 0. The van der Waals surface area contributed by atoms with Gasteiger partial charge in [0, 0.05) is 5.97 Å². The van der Waals surface area contributed by atoms with E-state index in [1.807, 2.05) is 0 Å². The van der Waals surface area contributed by atoms with Crippen LogP contribution in [0.2, 0.25) is 0 Å². The van der Waals surface area contributed by atoms with Crippen molar-refractivity contribution < 1.29 is 71.3 Å². The van der Waals surface area contributed by atoms with Gasteiger partial charge in [0.1, 0.15) is 0 Å². The van der Waals surface area contributed by atoms with Gasteiger partial charge in [-0.25, -0.2) is 0 Å². The summed E-state index contributed by atoms with van der Waals surface area (Å²) in [5.74, 6) is -1.08. The standard InChI is InChI=1S/C2H4O2.BH3O2.K/c1-2(3)4;2-1-3;/h1H3,(H,3,4);1-3H;/q;;+1/p-1. The van der Waals surface area contributed by atoms with Crippen molar-refractivity contribution in [1.29, 1.82) is 0 Å². The predicted molar refractivity (Wildman–Crippen MR) is 22.3 cm³/mol. The van der Waals surface area contributed by atoms with Gasteiger partial charge in [-0.1, -0.05) is 0 Å². The van der Waals surface area contributed by atoms with E-state index in [2.05, 4.69) is 0 Å². The Kier molecular flexibility index (Phi) is 31.5. The van der Waals surface area contributed by atoms with E-state index in [0.29, 0.717) is 0 Å². The fraction of sp³-hybridized carbons (Fsp3) is 0.500. The summed E-state index contributed by atoms with van der Waals surface area (Å²) in [4.78, 5) is 8.89. The SMILES string of the molecule is CC(=O)[O-].OBO.[K+]. The van der Waals surface area contributed by atoms with Crippen molar-refractivity contribution in [2.45, 2.75) is 6.92 Å². The number of rotatable bonds is 0. The summed E-state index contributed by atoms with van der Waals surface area (Å²) in [5.41, 5.74) is 0. The molecule has 0 atom stereocenters. The maximum atomic E-state index is 8.89. The maximum Gasteiger partial charge on any atom is 1.00 e. The summed E-state index contributed by atoms with van der Waals surface area (Å²) in [6, 6.07) is 0. The topological polar surface area (TPSA) is 80.6 Å². The van der Waals surface area contributed by atoms with Gasteiger partial charge in [0.25, 0.3) is 0 Å². The van der Waals surface area contributed by atoms with Crippen molar-refractivity contribution >= 4 is 13.7 Å². The van der Waals surface area contributed by atoms with Gasteiger partial charge >= 0.3 is 59.1 Å². The van der Waals surface area contributed by atoms with E-state index in [4.69, 9.17) is 19.9 Å². The number of aliphatic carboxylic acids is 1. The third-order valence-electron chi connectivity index (χ3n) is 0. The largest absolute Gasteiger partial charge is 1.00 e. The maximum absolute atomic E-state index is 8.89. The molecule has 0 rings (SSSR count). The zero-order valence-corrected chi connectivity index (χ0v) is 8.04. The van der Waals surface area contributed by atoms with E-state index in [1.54, 1.807) is 0 Å². The molecule has 0 saturated carbocycles. The second-order valence-electron chi connectivity index (χ2n) is 0.633. The zero-order chi connectivity index (χ0) is 6.28. The van der Waals surface area contributed by atoms with Crippen LogP contribution in [0.15, 0.2) is 0 Å². The first kappa shape index (κ1) is 16.0. The van der Waals surface area contributed by atoms with Gasteiger partial charge < -0.3 is 19.9 Å². The van der Waals surface area contributed by atoms with E-state index in [-0.39, 0.29) is 51.4 Å². The number of carboxylic acid groups (broad SMARTS) is 1. The minimum Gasteiger partial charge on any atom is -0.550 e. The van der Waals surface area contributed by atoms with Gasteiger partial charge in [-0.15, -0.1) is 0 Å². The molecule has 0 amide bonds. The molecule has 0 aliphatic rings. The molecule has 4 nitrogen and oxygen atoms in total. The normalized spacial score (nSPS) is 4.88. The predicted octanol–water partition coefficient (Wildman–Crippen LogP) is -6.00. The Morgan fingerprint density at radius 1 is 1.62 bits per heavy atom. The summed E-state index contributed by atoms with van der Waals surface area (Å²) in [7, 11) is -0.750. The smallest absolute Gasteiger partial charge is 0.550 e. The molecule has 0 aromatic heterocycles. The first-order valence-electron chi connectivity index (χ1n) is 1.54. The molecule has 0 saturated heterocycles. The first-order chi connectivity index (χ1) is 3.15. The summed E-state index contributed by atoms with van der Waals surface area (Å²) < 4.78 is 0. The Morgan fingerprint density at radius 3 is 1.62 bits per heavy atom. The van der Waals surface area contributed by atoms with Crippen LogP contribution in [-0.4, -0.2) is 23.7 Å². The van der Waals surface area contributed by atoms with Crippen LogP contribution in [0.4, 0.5) is 0 Å². The number of carboxylic acids is 1. The number of carbonyl (C=O) groups excluding carboxylic acids is 1. The fourth-order valence-electron chi connectivity index (χ4n) is 0. The molecule has 6 heteroatoms. The van der Waals surface area contributed by atoms with E-state index in [0.717, 1.165) is 6.92 Å². The monoisotopic (exact) mass is 144 g/mol. The average Bonchev–Trinajstić information content (AvgIpc) is 1.33. The molecule has 0 radical (unpaired) electrons. The van der Waals surface area contributed by atoms with E-state index < -0.39 is 13.7 Å². The zero-order valence-electron chi connectivity index (χ0n) is 4.92. The summed E-state index contributed by atoms with van der Waals surface area (Å²) in [6.07, 6.45) is 0. The summed E-state index contributed by atoms with van der Waals surface area (Å²) in [5, 5.41) is 23.1. The molecule has 42 valence electrons. The van der Waals surface area contributed by atoms with Crippen molar-refractivity contribution in [2.75, 3.05) is 0 Å². The Bertz CT molecular complexity index is 45.3. The Labute approximate surface area is 90.6 Å². The molecular formula is C2H6BKO4. The molecule has 0 aromatic carbocycles. The molecular weight excluding hydrogens is 138 g/mol. The molecule has 2 N–H and O–H groups in total. The molecule has 0 aromatic rings. The van der Waals surface area contributed by atoms with Gasteiger partial charge in [-0.05, 0) is 6.92 Å². The third-order valence-corrected chi connectivity index (χ3v) is 0. The van der Waals surface area contributed by atoms with Crippen LogP contribution in [0.5, 0.6) is 0 Å². The number of hydrogen-bond donors (Lipinski definition) is 2. The molecule has 0 heterocycles. The Morgan fingerprint density at radius 2 is 1.62 bits per heavy atom. The second-order valence-corrected chi connectivity index (χ2v) is 0.633. The van der Waals surface area contributed by atoms with Gasteiger partial charge in [-0.3, -0.25) is 0 Å². The van der Waals surface area contributed by atoms with E-state index >= 15 is 0 Å². The van der Waals surface area contributed by atoms with Crippen LogP contribution in [0.3, 0.4) is 0 Å². The second kappa shape index (κ2) is 15.7. The molecule has 0 bridgehead atoms. The molecule has 0 aliphatic heterocycles. The minimum atomic E-state index is -1.08. The van der Waals surface area contributed by atoms with Crippen molar-refractivity contribution in [1.82, 2.24) is 0 Å². The number of hydrogen-bond acceptors (Lipinski definition) is 4. The molecule has 0 spiro atoms. The van der Waals surface area contributed by atoms with Crippen LogP contribution in [0, 0.1) is 0 Å². The van der Waals surface area contributed by atoms with E-state index in [1.165, 1.54) is 0 Å². The molecule has 0 fully saturated rings. The first-order valence-corrected chi connectivity index (χ1v) is 1.54. The van der Waals surface area contributed by atoms with E-state index in [9.17, 15) is 0 Å². The van der Waals surface area contributed by atoms with Gasteiger partial charge in [0.05, 0.1) is 0 Å². The Hall–Kier alpha value is 1.09. The summed E-state index contributed by atoms with van der Waals surface area (Å²) >= 11 is 0.